The Labute approximate surface area is 195 Å². The van der Waals surface area contributed by atoms with Crippen molar-refractivity contribution in [1.82, 2.24) is 10.3 Å². The van der Waals surface area contributed by atoms with Crippen molar-refractivity contribution in [3.05, 3.63) is 54.4 Å². The van der Waals surface area contributed by atoms with Gasteiger partial charge in [-0.05, 0) is 68.0 Å². The summed E-state index contributed by atoms with van der Waals surface area (Å²) in [6, 6.07) is 9.36. The second kappa shape index (κ2) is 13.1. The number of hydrogen-bond acceptors (Lipinski definition) is 5. The van der Waals surface area contributed by atoms with Gasteiger partial charge in [-0.2, -0.15) is 0 Å². The fraction of sp³-hybridized carbons (Fsp3) is 0.409. The Morgan fingerprint density at radius 1 is 1.10 bits per heavy atom. The first-order valence-corrected chi connectivity index (χ1v) is 10.0. The zero-order valence-corrected chi connectivity index (χ0v) is 18.8. The zero-order chi connectivity index (χ0) is 20.6. The third kappa shape index (κ3) is 8.01. The molecule has 1 aliphatic carbocycles. The molecule has 0 radical (unpaired) electrons. The van der Waals surface area contributed by atoms with Gasteiger partial charge < -0.3 is 21.5 Å². The fourth-order valence-corrected chi connectivity index (χ4v) is 3.74. The lowest BCUT2D eigenvalue weighted by atomic mass is 9.81. The van der Waals surface area contributed by atoms with Gasteiger partial charge in [-0.1, -0.05) is 12.1 Å². The summed E-state index contributed by atoms with van der Waals surface area (Å²) in [4.78, 5) is 29.7. The third-order valence-corrected chi connectivity index (χ3v) is 5.48. The molecule has 1 aromatic heterocycles. The van der Waals surface area contributed by atoms with Crippen molar-refractivity contribution in [3.8, 4) is 5.75 Å². The maximum absolute atomic E-state index is 12.9. The van der Waals surface area contributed by atoms with E-state index in [1.807, 2.05) is 6.07 Å². The maximum atomic E-state index is 12.9. The van der Waals surface area contributed by atoms with Gasteiger partial charge in [0.15, 0.2) is 0 Å². The average molecular weight is 469 g/mol. The van der Waals surface area contributed by atoms with Crippen LogP contribution < -0.4 is 16.4 Å². The first-order chi connectivity index (χ1) is 14.0. The topological polar surface area (TPSA) is 117 Å². The van der Waals surface area contributed by atoms with E-state index < -0.39 is 6.04 Å². The van der Waals surface area contributed by atoms with Crippen molar-refractivity contribution in [2.75, 3.05) is 11.9 Å². The monoisotopic (exact) mass is 468 g/mol. The second-order valence-corrected chi connectivity index (χ2v) is 7.61. The minimum Gasteiger partial charge on any atom is -0.508 e. The Kier molecular flexibility index (Phi) is 11.3. The van der Waals surface area contributed by atoms with Gasteiger partial charge in [0.05, 0.1) is 0 Å². The third-order valence-electron chi connectivity index (χ3n) is 5.48. The summed E-state index contributed by atoms with van der Waals surface area (Å²) in [6.07, 6.45) is 6.93. The predicted molar refractivity (Wildman–Crippen MR) is 126 cm³/mol. The van der Waals surface area contributed by atoms with Gasteiger partial charge in [-0.15, -0.1) is 24.8 Å². The number of amides is 2. The molecular weight excluding hydrogens is 439 g/mol. The number of aromatic nitrogens is 1. The molecule has 31 heavy (non-hydrogen) atoms. The Morgan fingerprint density at radius 3 is 2.39 bits per heavy atom. The number of carbonyl (C=O) groups is 2. The number of carbonyl (C=O) groups excluding carboxylic acids is 2. The number of rotatable bonds is 7. The van der Waals surface area contributed by atoms with Gasteiger partial charge in [0.1, 0.15) is 11.8 Å². The van der Waals surface area contributed by atoms with E-state index in [1.165, 1.54) is 0 Å². The Hall–Kier alpha value is -2.35. The number of halogens is 2. The predicted octanol–water partition coefficient (Wildman–Crippen LogP) is 3.06. The van der Waals surface area contributed by atoms with Crippen LogP contribution in [-0.4, -0.2) is 34.5 Å². The minimum absolute atomic E-state index is 0. The molecule has 0 spiro atoms. The van der Waals surface area contributed by atoms with Crippen LogP contribution in [0.15, 0.2) is 48.8 Å². The summed E-state index contributed by atoms with van der Waals surface area (Å²) in [6.45, 7) is 0.656. The van der Waals surface area contributed by atoms with Crippen LogP contribution in [-0.2, 0) is 16.0 Å². The van der Waals surface area contributed by atoms with Crippen LogP contribution in [0.4, 0.5) is 5.69 Å². The summed E-state index contributed by atoms with van der Waals surface area (Å²) in [7, 11) is 0. The SMILES string of the molecule is Cl.Cl.NC[C@H]1CC[C@H](C(=O)NC(Cc2cccc(O)c2)C(=O)Nc2ccncc2)CC1. The second-order valence-electron chi connectivity index (χ2n) is 7.61. The summed E-state index contributed by atoms with van der Waals surface area (Å²) >= 11 is 0. The molecule has 7 nitrogen and oxygen atoms in total. The van der Waals surface area contributed by atoms with Gasteiger partial charge in [0, 0.05) is 30.4 Å². The van der Waals surface area contributed by atoms with Gasteiger partial charge >= 0.3 is 0 Å². The highest BCUT2D eigenvalue weighted by atomic mass is 35.5. The summed E-state index contributed by atoms with van der Waals surface area (Å²) in [5.41, 5.74) is 7.12. The lowest BCUT2D eigenvalue weighted by molar-refractivity contribution is -0.130. The quantitative estimate of drug-likeness (QED) is 0.497. The van der Waals surface area contributed by atoms with Crippen molar-refractivity contribution in [1.29, 1.82) is 0 Å². The van der Waals surface area contributed by atoms with Crippen LogP contribution in [0.25, 0.3) is 0 Å². The number of aromatic hydroxyl groups is 1. The van der Waals surface area contributed by atoms with Crippen molar-refractivity contribution >= 4 is 42.3 Å². The van der Waals surface area contributed by atoms with E-state index in [-0.39, 0.29) is 54.7 Å². The molecule has 0 bridgehead atoms. The number of phenols is 1. The summed E-state index contributed by atoms with van der Waals surface area (Å²) in [5.74, 6) is 0.108. The minimum atomic E-state index is -0.746. The van der Waals surface area contributed by atoms with E-state index in [2.05, 4.69) is 15.6 Å². The molecule has 1 unspecified atom stereocenters. The molecule has 1 fully saturated rings. The number of phenolic OH excluding ortho intramolecular Hbond substituents is 1. The van der Waals surface area contributed by atoms with Crippen molar-refractivity contribution in [2.45, 2.75) is 38.1 Å². The largest absolute Gasteiger partial charge is 0.508 e. The lowest BCUT2D eigenvalue weighted by Crippen LogP contribution is -2.48. The van der Waals surface area contributed by atoms with Crippen LogP contribution in [0.1, 0.15) is 31.2 Å². The van der Waals surface area contributed by atoms with Crippen LogP contribution in [0, 0.1) is 11.8 Å². The molecular formula is C22H30Cl2N4O3. The van der Waals surface area contributed by atoms with Crippen LogP contribution in [0.5, 0.6) is 5.75 Å². The highest BCUT2D eigenvalue weighted by molar-refractivity contribution is 5.97. The normalized spacial score (nSPS) is 18.6. The number of nitrogens with two attached hydrogens (primary N) is 1. The fourth-order valence-electron chi connectivity index (χ4n) is 3.74. The van der Waals surface area contributed by atoms with Crippen molar-refractivity contribution in [3.63, 3.8) is 0 Å². The number of pyridine rings is 1. The molecule has 5 N–H and O–H groups in total. The highest BCUT2D eigenvalue weighted by Gasteiger charge is 2.29. The summed E-state index contributed by atoms with van der Waals surface area (Å²) < 4.78 is 0. The van der Waals surface area contributed by atoms with Gasteiger partial charge in [-0.3, -0.25) is 14.6 Å². The first kappa shape index (κ1) is 26.7. The number of anilines is 1. The Balaban J connectivity index is 0.00000240. The zero-order valence-electron chi connectivity index (χ0n) is 17.2. The number of hydrogen-bond donors (Lipinski definition) is 4. The van der Waals surface area contributed by atoms with Crippen LogP contribution in [0.2, 0.25) is 0 Å². The van der Waals surface area contributed by atoms with E-state index in [9.17, 15) is 14.7 Å². The molecule has 2 amide bonds. The van der Waals surface area contributed by atoms with Crippen LogP contribution >= 0.6 is 24.8 Å². The molecule has 1 atom stereocenters. The molecule has 0 aliphatic heterocycles. The smallest absolute Gasteiger partial charge is 0.247 e. The Morgan fingerprint density at radius 2 is 1.77 bits per heavy atom. The van der Waals surface area contributed by atoms with Gasteiger partial charge in [0.2, 0.25) is 11.8 Å². The molecule has 0 saturated heterocycles. The van der Waals surface area contributed by atoms with E-state index in [1.54, 1.807) is 42.7 Å². The maximum Gasteiger partial charge on any atom is 0.247 e. The molecule has 1 heterocycles. The van der Waals surface area contributed by atoms with Crippen LogP contribution in [0.3, 0.4) is 0 Å². The summed E-state index contributed by atoms with van der Waals surface area (Å²) in [5, 5.41) is 15.5. The molecule has 170 valence electrons. The Bertz CT molecular complexity index is 831. The van der Waals surface area contributed by atoms with E-state index in [4.69, 9.17) is 5.73 Å². The van der Waals surface area contributed by atoms with Gasteiger partial charge in [0.25, 0.3) is 0 Å². The lowest BCUT2D eigenvalue weighted by Gasteiger charge is -2.28. The average Bonchev–Trinajstić information content (AvgIpc) is 2.74. The highest BCUT2D eigenvalue weighted by Crippen LogP contribution is 2.28. The first-order valence-electron chi connectivity index (χ1n) is 10.0. The standard InChI is InChI=1S/C22H28N4O3.2ClH/c23-14-15-4-6-17(7-5-15)21(28)26-20(13-16-2-1-3-19(27)12-16)22(29)25-18-8-10-24-11-9-18;;/h1-3,8-12,15,17,20,27H,4-7,13-14,23H2,(H,26,28)(H,24,25,29);2*1H/t15-,17-,20?;;. The number of nitrogens with zero attached hydrogens (tertiary/aromatic N) is 1. The molecule has 9 heteroatoms. The molecule has 3 rings (SSSR count). The van der Waals surface area contributed by atoms with E-state index >= 15 is 0 Å². The van der Waals surface area contributed by atoms with Gasteiger partial charge in [-0.25, -0.2) is 0 Å². The van der Waals surface area contributed by atoms with E-state index in [0.29, 0.717) is 18.2 Å². The van der Waals surface area contributed by atoms with E-state index in [0.717, 1.165) is 31.2 Å². The number of nitrogens with one attached hydrogen (secondary N) is 2. The molecule has 1 saturated carbocycles. The molecule has 1 aliphatic rings. The van der Waals surface area contributed by atoms with Crippen molar-refractivity contribution < 1.29 is 14.7 Å². The van der Waals surface area contributed by atoms with Crippen molar-refractivity contribution in [2.24, 2.45) is 17.6 Å². The molecule has 1 aromatic carbocycles. The number of benzene rings is 1. The molecule has 2 aromatic rings.